The molecule has 0 atom stereocenters. The molecule has 0 aliphatic heterocycles. The molecule has 4 aromatic rings. The molecule has 2 aromatic heterocycles. The van der Waals surface area contributed by atoms with Gasteiger partial charge < -0.3 is 9.84 Å². The number of ether oxygens (including phenoxy) is 1. The van der Waals surface area contributed by atoms with E-state index < -0.39 is 5.97 Å². The van der Waals surface area contributed by atoms with Crippen LogP contribution in [0.15, 0.2) is 60.8 Å². The quantitative estimate of drug-likeness (QED) is 0.571. The van der Waals surface area contributed by atoms with Crippen LogP contribution >= 0.6 is 11.3 Å². The molecule has 26 heavy (non-hydrogen) atoms. The Bertz CT molecular complexity index is 1080. The summed E-state index contributed by atoms with van der Waals surface area (Å²) in [4.78, 5) is 17.6. The molecule has 0 aliphatic carbocycles. The zero-order valence-electron chi connectivity index (χ0n) is 14.0. The van der Waals surface area contributed by atoms with Gasteiger partial charge in [-0.3, -0.25) is 9.20 Å². The second kappa shape index (κ2) is 6.65. The van der Waals surface area contributed by atoms with Gasteiger partial charge in [-0.05, 0) is 17.7 Å². The van der Waals surface area contributed by atoms with Crippen LogP contribution in [0.4, 0.5) is 0 Å². The molecule has 0 amide bonds. The van der Waals surface area contributed by atoms with E-state index in [1.807, 2.05) is 65.2 Å². The summed E-state index contributed by atoms with van der Waals surface area (Å²) in [5.74, 6) is -0.0955. The lowest BCUT2D eigenvalue weighted by molar-refractivity contribution is -0.136. The van der Waals surface area contributed by atoms with E-state index in [9.17, 15) is 9.90 Å². The number of imidazole rings is 1. The van der Waals surface area contributed by atoms with Gasteiger partial charge in [-0.1, -0.05) is 42.5 Å². The molecule has 2 aromatic carbocycles. The van der Waals surface area contributed by atoms with Crippen LogP contribution in [-0.4, -0.2) is 27.6 Å². The van der Waals surface area contributed by atoms with Gasteiger partial charge in [0.1, 0.15) is 5.75 Å². The van der Waals surface area contributed by atoms with Crippen molar-refractivity contribution in [2.75, 3.05) is 7.11 Å². The summed E-state index contributed by atoms with van der Waals surface area (Å²) in [6, 6.07) is 17.5. The Hall–Kier alpha value is -3.12. The van der Waals surface area contributed by atoms with Crippen molar-refractivity contribution in [3.63, 3.8) is 0 Å². The third-order valence-corrected chi connectivity index (χ3v) is 5.19. The van der Waals surface area contributed by atoms with Gasteiger partial charge in [-0.25, -0.2) is 4.98 Å². The molecule has 4 rings (SSSR count). The number of carboxylic acids is 1. The van der Waals surface area contributed by atoms with Crippen molar-refractivity contribution < 1.29 is 14.6 Å². The maximum Gasteiger partial charge on any atom is 0.308 e. The van der Waals surface area contributed by atoms with Gasteiger partial charge in [0.2, 0.25) is 0 Å². The Morgan fingerprint density at radius 1 is 1.15 bits per heavy atom. The SMILES string of the molecule is COc1ccccc1-c1cn2c(-c3ccccc3)c(CC(=O)O)sc2n1. The first-order valence-corrected chi connectivity index (χ1v) is 8.90. The first kappa shape index (κ1) is 16.4. The maximum absolute atomic E-state index is 11.3. The lowest BCUT2D eigenvalue weighted by Gasteiger charge is -2.05. The third-order valence-electron chi connectivity index (χ3n) is 4.14. The number of aromatic nitrogens is 2. The summed E-state index contributed by atoms with van der Waals surface area (Å²) in [5.41, 5.74) is 3.55. The summed E-state index contributed by atoms with van der Waals surface area (Å²) < 4.78 is 7.41. The minimum absolute atomic E-state index is 0.0255. The van der Waals surface area contributed by atoms with E-state index in [1.165, 1.54) is 11.3 Å². The van der Waals surface area contributed by atoms with Gasteiger partial charge in [0.25, 0.3) is 0 Å². The highest BCUT2D eigenvalue weighted by Gasteiger charge is 2.19. The van der Waals surface area contributed by atoms with Crippen molar-refractivity contribution in [2.24, 2.45) is 0 Å². The van der Waals surface area contributed by atoms with Crippen molar-refractivity contribution in [1.29, 1.82) is 0 Å². The molecule has 0 saturated heterocycles. The van der Waals surface area contributed by atoms with Crippen molar-refractivity contribution in [1.82, 2.24) is 9.38 Å². The molecule has 0 unspecified atom stereocenters. The van der Waals surface area contributed by atoms with Gasteiger partial charge >= 0.3 is 5.97 Å². The Labute approximate surface area is 154 Å². The fourth-order valence-electron chi connectivity index (χ4n) is 3.03. The maximum atomic E-state index is 11.3. The van der Waals surface area contributed by atoms with E-state index in [0.29, 0.717) is 0 Å². The number of nitrogens with zero attached hydrogens (tertiary/aromatic N) is 2. The highest BCUT2D eigenvalue weighted by Crippen LogP contribution is 2.36. The molecule has 1 N–H and O–H groups in total. The molecule has 0 radical (unpaired) electrons. The number of benzene rings is 2. The predicted molar refractivity (Wildman–Crippen MR) is 102 cm³/mol. The smallest absolute Gasteiger partial charge is 0.308 e. The molecule has 0 saturated carbocycles. The molecule has 2 heterocycles. The van der Waals surface area contributed by atoms with Crippen LogP contribution in [0.25, 0.3) is 27.5 Å². The Morgan fingerprint density at radius 3 is 2.62 bits per heavy atom. The average molecular weight is 364 g/mol. The highest BCUT2D eigenvalue weighted by molar-refractivity contribution is 7.17. The van der Waals surface area contributed by atoms with Gasteiger partial charge in [-0.2, -0.15) is 0 Å². The zero-order valence-corrected chi connectivity index (χ0v) is 14.9. The number of methoxy groups -OCH3 is 1. The van der Waals surface area contributed by atoms with Crippen LogP contribution in [0.5, 0.6) is 5.75 Å². The van der Waals surface area contributed by atoms with Gasteiger partial charge in [0, 0.05) is 16.6 Å². The molecule has 5 nitrogen and oxygen atoms in total. The molecule has 6 heteroatoms. The van der Waals surface area contributed by atoms with Gasteiger partial charge in [-0.15, -0.1) is 11.3 Å². The summed E-state index contributed by atoms with van der Waals surface area (Å²) >= 11 is 1.41. The van der Waals surface area contributed by atoms with Crippen LogP contribution < -0.4 is 4.74 Å². The number of para-hydroxylation sites is 1. The van der Waals surface area contributed by atoms with Crippen molar-refractivity contribution in [2.45, 2.75) is 6.42 Å². The highest BCUT2D eigenvalue weighted by atomic mass is 32.1. The van der Waals surface area contributed by atoms with Crippen LogP contribution in [0.1, 0.15) is 4.88 Å². The average Bonchev–Trinajstić information content (AvgIpc) is 3.19. The molecular weight excluding hydrogens is 348 g/mol. The van der Waals surface area contributed by atoms with Crippen molar-refractivity contribution in [3.05, 3.63) is 65.7 Å². The van der Waals surface area contributed by atoms with Crippen molar-refractivity contribution in [3.8, 4) is 28.3 Å². The van der Waals surface area contributed by atoms with Crippen LogP contribution in [0.2, 0.25) is 0 Å². The molecular formula is C20H16N2O3S. The summed E-state index contributed by atoms with van der Waals surface area (Å²) in [5, 5.41) is 9.26. The van der Waals surface area contributed by atoms with Crippen LogP contribution in [0.3, 0.4) is 0 Å². The Kier molecular flexibility index (Phi) is 4.18. The predicted octanol–water partition coefficient (Wildman–Crippen LogP) is 4.37. The fourth-order valence-corrected chi connectivity index (χ4v) is 4.14. The minimum Gasteiger partial charge on any atom is -0.496 e. The lowest BCUT2D eigenvalue weighted by atomic mass is 10.1. The third kappa shape index (κ3) is 2.84. The fraction of sp³-hybridized carbons (Fsp3) is 0.100. The zero-order chi connectivity index (χ0) is 18.1. The van der Waals surface area contributed by atoms with E-state index in [1.54, 1.807) is 7.11 Å². The number of carbonyl (C=O) groups is 1. The lowest BCUT2D eigenvalue weighted by Crippen LogP contribution is -2.00. The summed E-state index contributed by atoms with van der Waals surface area (Å²) in [6.07, 6.45) is 1.92. The van der Waals surface area contributed by atoms with Crippen LogP contribution in [-0.2, 0) is 11.2 Å². The van der Waals surface area contributed by atoms with Crippen molar-refractivity contribution >= 4 is 22.3 Å². The summed E-state index contributed by atoms with van der Waals surface area (Å²) in [7, 11) is 1.64. The molecule has 130 valence electrons. The largest absolute Gasteiger partial charge is 0.496 e. The molecule has 0 bridgehead atoms. The number of hydrogen-bond donors (Lipinski definition) is 1. The monoisotopic (exact) mass is 364 g/mol. The summed E-state index contributed by atoms with van der Waals surface area (Å²) in [6.45, 7) is 0. The van der Waals surface area contributed by atoms with E-state index in [2.05, 4.69) is 0 Å². The first-order valence-electron chi connectivity index (χ1n) is 8.08. The second-order valence-electron chi connectivity index (χ2n) is 5.79. The van der Waals surface area contributed by atoms with E-state index in [4.69, 9.17) is 9.72 Å². The Morgan fingerprint density at radius 2 is 1.88 bits per heavy atom. The molecule has 0 aliphatic rings. The van der Waals surface area contributed by atoms with Gasteiger partial charge in [0.15, 0.2) is 4.96 Å². The topological polar surface area (TPSA) is 63.8 Å². The normalized spacial score (nSPS) is 11.0. The molecule has 0 fully saturated rings. The number of fused-ring (bicyclic) bond motifs is 1. The second-order valence-corrected chi connectivity index (χ2v) is 6.85. The number of hydrogen-bond acceptors (Lipinski definition) is 4. The van der Waals surface area contributed by atoms with E-state index in [0.717, 1.165) is 38.1 Å². The molecule has 0 spiro atoms. The first-order chi connectivity index (χ1) is 12.7. The number of aliphatic carboxylic acids is 1. The number of carboxylic acid groups (broad SMARTS) is 1. The number of thiazole rings is 1. The number of rotatable bonds is 5. The van der Waals surface area contributed by atoms with E-state index in [-0.39, 0.29) is 6.42 Å². The minimum atomic E-state index is -0.850. The van der Waals surface area contributed by atoms with Crippen LogP contribution in [0, 0.1) is 0 Å². The standard InChI is InChI=1S/C20H16N2O3S/c1-25-16-10-6-5-9-14(16)15-12-22-19(13-7-3-2-4-8-13)17(11-18(23)24)26-20(22)21-15/h2-10,12H,11H2,1H3,(H,23,24). The Balaban J connectivity index is 1.92. The van der Waals surface area contributed by atoms with E-state index >= 15 is 0 Å². The van der Waals surface area contributed by atoms with Gasteiger partial charge in [0.05, 0.1) is 24.9 Å².